The van der Waals surface area contributed by atoms with Crippen LogP contribution in [0.25, 0.3) is 11.0 Å². The second-order valence-electron chi connectivity index (χ2n) is 6.01. The molecule has 7 heteroatoms. The summed E-state index contributed by atoms with van der Waals surface area (Å²) >= 11 is 1.39. The Balaban J connectivity index is 1.70. The van der Waals surface area contributed by atoms with Crippen LogP contribution in [0.3, 0.4) is 0 Å². The fraction of sp³-hybridized carbons (Fsp3) is 0.0952. The topological polar surface area (TPSA) is 77.2 Å². The highest BCUT2D eigenvalue weighted by molar-refractivity contribution is 7.99. The van der Waals surface area contributed by atoms with Gasteiger partial charge in [-0.3, -0.25) is 0 Å². The Morgan fingerprint density at radius 1 is 1.07 bits per heavy atom. The quantitative estimate of drug-likeness (QED) is 0.486. The van der Waals surface area contributed by atoms with Crippen LogP contribution in [0.5, 0.6) is 11.8 Å². The molecule has 140 valence electrons. The molecule has 0 saturated heterocycles. The van der Waals surface area contributed by atoms with Gasteiger partial charge >= 0.3 is 11.6 Å². The van der Waals surface area contributed by atoms with Crippen LogP contribution in [-0.2, 0) is 0 Å². The lowest BCUT2D eigenvalue weighted by Gasteiger charge is -2.10. The molecule has 4 aromatic rings. The van der Waals surface area contributed by atoms with Gasteiger partial charge in [-0.1, -0.05) is 17.8 Å². The molecule has 0 atom stereocenters. The van der Waals surface area contributed by atoms with Crippen molar-refractivity contribution < 1.29 is 9.15 Å². The molecule has 0 aliphatic heterocycles. The zero-order valence-electron chi connectivity index (χ0n) is 15.3. The molecule has 6 nitrogen and oxygen atoms in total. The normalized spacial score (nSPS) is 10.8. The maximum Gasteiger partial charge on any atom is 0.350 e. The fourth-order valence-corrected chi connectivity index (χ4v) is 3.73. The minimum atomic E-state index is -0.377. The summed E-state index contributed by atoms with van der Waals surface area (Å²) in [6, 6.07) is 15.2. The lowest BCUT2D eigenvalue weighted by molar-refractivity contribution is 0.440. The van der Waals surface area contributed by atoms with E-state index >= 15 is 0 Å². The average Bonchev–Trinajstić information content (AvgIpc) is 2.72. The van der Waals surface area contributed by atoms with Gasteiger partial charge in [0.25, 0.3) is 0 Å². The smallest absolute Gasteiger partial charge is 0.350 e. The van der Waals surface area contributed by atoms with Crippen molar-refractivity contribution in [2.75, 3.05) is 12.4 Å². The zero-order valence-corrected chi connectivity index (χ0v) is 16.1. The van der Waals surface area contributed by atoms with E-state index in [0.29, 0.717) is 16.2 Å². The first-order valence-electron chi connectivity index (χ1n) is 8.62. The number of anilines is 1. The van der Waals surface area contributed by atoms with Gasteiger partial charge in [0, 0.05) is 41.5 Å². The van der Waals surface area contributed by atoms with Gasteiger partial charge in [0.05, 0.1) is 0 Å². The molecule has 1 N–H and O–H groups in total. The molecule has 0 fully saturated rings. The third kappa shape index (κ3) is 3.70. The summed E-state index contributed by atoms with van der Waals surface area (Å²) in [5.41, 5.74) is 1.94. The minimum absolute atomic E-state index is 0.234. The van der Waals surface area contributed by atoms with E-state index in [1.165, 1.54) is 11.8 Å². The van der Waals surface area contributed by atoms with Crippen molar-refractivity contribution in [1.82, 2.24) is 9.97 Å². The second kappa shape index (κ2) is 7.74. The van der Waals surface area contributed by atoms with Crippen molar-refractivity contribution in [2.45, 2.75) is 16.7 Å². The van der Waals surface area contributed by atoms with E-state index in [4.69, 9.17) is 9.15 Å². The predicted molar refractivity (Wildman–Crippen MR) is 109 cm³/mol. The van der Waals surface area contributed by atoms with Gasteiger partial charge in [-0.2, -0.15) is 0 Å². The van der Waals surface area contributed by atoms with E-state index in [1.54, 1.807) is 24.5 Å². The van der Waals surface area contributed by atoms with Crippen molar-refractivity contribution in [1.29, 1.82) is 0 Å². The van der Waals surface area contributed by atoms with Gasteiger partial charge in [0.15, 0.2) is 0 Å². The Bertz CT molecular complexity index is 1190. The van der Waals surface area contributed by atoms with E-state index in [-0.39, 0.29) is 11.6 Å². The number of benzene rings is 2. The van der Waals surface area contributed by atoms with Crippen LogP contribution in [-0.4, -0.2) is 17.0 Å². The van der Waals surface area contributed by atoms with E-state index in [9.17, 15) is 4.79 Å². The molecule has 0 spiro atoms. The number of fused-ring (bicyclic) bond motifs is 1. The van der Waals surface area contributed by atoms with Gasteiger partial charge in [-0.05, 0) is 48.9 Å². The number of nitrogens with one attached hydrogen (secondary N) is 1. The molecule has 0 saturated carbocycles. The molecule has 28 heavy (non-hydrogen) atoms. The van der Waals surface area contributed by atoms with E-state index in [0.717, 1.165) is 21.5 Å². The molecule has 0 radical (unpaired) electrons. The van der Waals surface area contributed by atoms with Gasteiger partial charge in [-0.25, -0.2) is 14.8 Å². The van der Waals surface area contributed by atoms with Crippen LogP contribution in [0.4, 0.5) is 5.69 Å². The largest absolute Gasteiger partial charge is 0.424 e. The molecule has 0 unspecified atom stereocenters. The van der Waals surface area contributed by atoms with Crippen LogP contribution in [0.2, 0.25) is 0 Å². The van der Waals surface area contributed by atoms with Crippen LogP contribution < -0.4 is 15.7 Å². The minimum Gasteiger partial charge on any atom is -0.424 e. The summed E-state index contributed by atoms with van der Waals surface area (Å²) in [6.07, 6.45) is 3.19. The van der Waals surface area contributed by atoms with Crippen LogP contribution >= 0.6 is 11.8 Å². The number of ether oxygens (including phenoxy) is 1. The van der Waals surface area contributed by atoms with Crippen LogP contribution in [0, 0.1) is 6.92 Å². The number of aromatic nitrogens is 2. The molecular weight excluding hydrogens is 374 g/mol. The Morgan fingerprint density at radius 3 is 2.68 bits per heavy atom. The summed E-state index contributed by atoms with van der Waals surface area (Å²) in [6.45, 7) is 1.92. The summed E-state index contributed by atoms with van der Waals surface area (Å²) in [4.78, 5) is 22.2. The lowest BCUT2D eigenvalue weighted by atomic mass is 10.1. The molecule has 0 bridgehead atoms. The molecular formula is C21H17N3O3S. The summed E-state index contributed by atoms with van der Waals surface area (Å²) < 4.78 is 11.2. The third-order valence-corrected chi connectivity index (χ3v) is 5.35. The maximum atomic E-state index is 12.6. The molecule has 0 aliphatic carbocycles. The van der Waals surface area contributed by atoms with Crippen molar-refractivity contribution in [2.24, 2.45) is 0 Å². The van der Waals surface area contributed by atoms with Crippen molar-refractivity contribution >= 4 is 28.4 Å². The number of rotatable bonds is 5. The molecule has 0 amide bonds. The molecule has 4 rings (SSSR count). The van der Waals surface area contributed by atoms with Gasteiger partial charge in [0.2, 0.25) is 0 Å². The summed E-state index contributed by atoms with van der Waals surface area (Å²) in [7, 11) is 1.86. The number of nitrogens with zero attached hydrogens (tertiary/aromatic N) is 2. The van der Waals surface area contributed by atoms with Crippen LogP contribution in [0.15, 0.2) is 79.9 Å². The SMILES string of the molecule is CNc1cccc(Sc2c(C)c3ccc(Oc4ncccn4)cc3oc2=O)c1. The molecule has 2 heterocycles. The monoisotopic (exact) mass is 391 g/mol. The molecule has 0 aliphatic rings. The van der Waals surface area contributed by atoms with Crippen molar-refractivity contribution in [3.05, 3.63) is 76.9 Å². The van der Waals surface area contributed by atoms with E-state index in [2.05, 4.69) is 15.3 Å². The van der Waals surface area contributed by atoms with E-state index in [1.807, 2.05) is 50.4 Å². The highest BCUT2D eigenvalue weighted by Crippen LogP contribution is 2.33. The Morgan fingerprint density at radius 2 is 1.89 bits per heavy atom. The second-order valence-corrected chi connectivity index (χ2v) is 7.10. The first-order chi connectivity index (χ1) is 13.6. The first-order valence-corrected chi connectivity index (χ1v) is 9.44. The summed E-state index contributed by atoms with van der Waals surface area (Å²) in [5, 5.41) is 3.95. The Kier molecular flexibility index (Phi) is 4.99. The van der Waals surface area contributed by atoms with Crippen LogP contribution in [0.1, 0.15) is 5.56 Å². The van der Waals surface area contributed by atoms with Gasteiger partial charge < -0.3 is 14.5 Å². The van der Waals surface area contributed by atoms with Crippen molar-refractivity contribution in [3.8, 4) is 11.8 Å². The number of aryl methyl sites for hydroxylation is 1. The first kappa shape index (κ1) is 18.1. The standard InChI is InChI=1S/C21H17N3O3S/c1-13-17-8-7-15(26-21-23-9-4-10-24-21)12-18(17)27-20(25)19(13)28-16-6-3-5-14(11-16)22-2/h3-12,22H,1-2H3. The highest BCUT2D eigenvalue weighted by atomic mass is 32.2. The highest BCUT2D eigenvalue weighted by Gasteiger charge is 2.14. The predicted octanol–water partition coefficient (Wildman–Crippen LogP) is 4.88. The van der Waals surface area contributed by atoms with Gasteiger partial charge in [0.1, 0.15) is 16.2 Å². The number of hydrogen-bond donors (Lipinski definition) is 1. The zero-order chi connectivity index (χ0) is 19.5. The molecule has 2 aromatic heterocycles. The third-order valence-electron chi connectivity index (χ3n) is 4.18. The van der Waals surface area contributed by atoms with Gasteiger partial charge in [-0.15, -0.1) is 0 Å². The maximum absolute atomic E-state index is 12.6. The number of hydrogen-bond acceptors (Lipinski definition) is 7. The van der Waals surface area contributed by atoms with E-state index < -0.39 is 0 Å². The Hall–Kier alpha value is -3.32. The Labute approximate surface area is 165 Å². The summed E-state index contributed by atoms with van der Waals surface area (Å²) in [5.74, 6) is 0.503. The van der Waals surface area contributed by atoms with Crippen molar-refractivity contribution in [3.63, 3.8) is 0 Å². The molecule has 2 aromatic carbocycles. The lowest BCUT2D eigenvalue weighted by Crippen LogP contribution is -2.05. The fourth-order valence-electron chi connectivity index (χ4n) is 2.78. The average molecular weight is 391 g/mol.